The Morgan fingerprint density at radius 3 is 2.70 bits per heavy atom. The molecule has 0 aliphatic carbocycles. The fourth-order valence-corrected chi connectivity index (χ4v) is 4.71. The number of hydrogen-bond donors (Lipinski definition) is 1. The van der Waals surface area contributed by atoms with E-state index >= 15 is 0 Å². The van der Waals surface area contributed by atoms with Gasteiger partial charge in [-0.2, -0.15) is 0 Å². The van der Waals surface area contributed by atoms with Gasteiger partial charge < -0.3 is 19.4 Å². The van der Waals surface area contributed by atoms with Crippen molar-refractivity contribution < 1.29 is 14.3 Å². The fourth-order valence-electron chi connectivity index (χ4n) is 4.71. The lowest BCUT2D eigenvalue weighted by Gasteiger charge is -2.40. The summed E-state index contributed by atoms with van der Waals surface area (Å²) in [6.45, 7) is 8.49. The summed E-state index contributed by atoms with van der Waals surface area (Å²) in [4.78, 5) is 17.5. The van der Waals surface area contributed by atoms with Crippen molar-refractivity contribution in [1.29, 1.82) is 0 Å². The standard InChI is InChI=1S/C23H34N4O3/c1-29-13-8-24-23(28)18-27-17-19(21-4-2-3-5-22(21)27)16-25-9-6-20(7-10-25)26-11-14-30-15-12-26/h2-5,17,20H,6-16,18H2,1H3,(H,24,28). The van der Waals surface area contributed by atoms with E-state index in [-0.39, 0.29) is 5.91 Å². The van der Waals surface area contributed by atoms with Crippen molar-refractivity contribution in [3.05, 3.63) is 36.0 Å². The number of rotatable bonds is 8. The highest BCUT2D eigenvalue weighted by Crippen LogP contribution is 2.25. The number of carbonyl (C=O) groups excluding carboxylic acids is 1. The van der Waals surface area contributed by atoms with Crippen molar-refractivity contribution >= 4 is 16.8 Å². The van der Waals surface area contributed by atoms with Gasteiger partial charge in [0.1, 0.15) is 6.54 Å². The molecule has 1 amide bonds. The Kier molecular flexibility index (Phi) is 7.38. The van der Waals surface area contributed by atoms with Gasteiger partial charge in [-0.25, -0.2) is 0 Å². The fraction of sp³-hybridized carbons (Fsp3) is 0.609. The Labute approximate surface area is 178 Å². The maximum absolute atomic E-state index is 12.3. The predicted octanol–water partition coefficient (Wildman–Crippen LogP) is 1.70. The van der Waals surface area contributed by atoms with Crippen LogP contribution in [0.4, 0.5) is 0 Å². The van der Waals surface area contributed by atoms with Gasteiger partial charge >= 0.3 is 0 Å². The Bertz CT molecular complexity index is 823. The molecule has 1 aromatic heterocycles. The number of benzene rings is 1. The minimum atomic E-state index is 0.0191. The average Bonchev–Trinajstić information content (AvgIpc) is 3.12. The van der Waals surface area contributed by atoms with Crippen LogP contribution in [0.25, 0.3) is 10.9 Å². The predicted molar refractivity (Wildman–Crippen MR) is 118 cm³/mol. The number of morpholine rings is 1. The lowest BCUT2D eigenvalue weighted by atomic mass is 10.0. The lowest BCUT2D eigenvalue weighted by Crippen LogP contribution is -2.48. The zero-order valence-corrected chi connectivity index (χ0v) is 18.0. The van der Waals surface area contributed by atoms with E-state index in [0.29, 0.717) is 25.7 Å². The van der Waals surface area contributed by atoms with Crippen molar-refractivity contribution in [1.82, 2.24) is 19.7 Å². The van der Waals surface area contributed by atoms with Crippen LogP contribution >= 0.6 is 0 Å². The molecule has 2 saturated heterocycles. The number of carbonyl (C=O) groups is 1. The number of nitrogens with one attached hydrogen (secondary N) is 1. The van der Waals surface area contributed by atoms with E-state index in [9.17, 15) is 4.79 Å². The monoisotopic (exact) mass is 414 g/mol. The van der Waals surface area contributed by atoms with Crippen molar-refractivity contribution in [2.75, 3.05) is 59.7 Å². The van der Waals surface area contributed by atoms with E-state index in [1.54, 1.807) is 7.11 Å². The first-order chi connectivity index (χ1) is 14.7. The number of ether oxygens (including phenoxy) is 2. The van der Waals surface area contributed by atoms with Crippen LogP contribution in [-0.4, -0.2) is 86.0 Å². The van der Waals surface area contributed by atoms with Crippen LogP contribution in [0.1, 0.15) is 18.4 Å². The Hall–Kier alpha value is -1.93. The first-order valence-corrected chi connectivity index (χ1v) is 11.1. The number of nitrogens with zero attached hydrogens (tertiary/aromatic N) is 3. The largest absolute Gasteiger partial charge is 0.383 e. The molecule has 164 valence electrons. The van der Waals surface area contributed by atoms with Crippen LogP contribution in [0.3, 0.4) is 0 Å². The number of piperidine rings is 1. The van der Waals surface area contributed by atoms with Gasteiger partial charge in [0.2, 0.25) is 5.91 Å². The third-order valence-corrected chi connectivity index (χ3v) is 6.33. The molecule has 7 heteroatoms. The molecule has 7 nitrogen and oxygen atoms in total. The highest BCUT2D eigenvalue weighted by atomic mass is 16.5. The van der Waals surface area contributed by atoms with Gasteiger partial charge in [-0.15, -0.1) is 0 Å². The number of amides is 1. The van der Waals surface area contributed by atoms with Gasteiger partial charge in [0, 0.05) is 56.4 Å². The molecule has 30 heavy (non-hydrogen) atoms. The Morgan fingerprint density at radius 1 is 1.17 bits per heavy atom. The van der Waals surface area contributed by atoms with E-state index in [4.69, 9.17) is 9.47 Å². The van der Waals surface area contributed by atoms with Gasteiger partial charge in [-0.05, 0) is 37.6 Å². The van der Waals surface area contributed by atoms with Crippen molar-refractivity contribution in [2.45, 2.75) is 32.0 Å². The van der Waals surface area contributed by atoms with E-state index in [2.05, 4.69) is 44.1 Å². The molecule has 0 radical (unpaired) electrons. The molecular formula is C23H34N4O3. The molecule has 0 unspecified atom stereocenters. The summed E-state index contributed by atoms with van der Waals surface area (Å²) in [5, 5.41) is 4.16. The molecule has 2 aliphatic heterocycles. The molecule has 0 bridgehead atoms. The smallest absolute Gasteiger partial charge is 0.240 e. The number of aromatic nitrogens is 1. The van der Waals surface area contributed by atoms with Gasteiger partial charge in [-0.3, -0.25) is 14.6 Å². The second kappa shape index (κ2) is 10.4. The normalized spacial score (nSPS) is 19.4. The third-order valence-electron chi connectivity index (χ3n) is 6.33. The maximum Gasteiger partial charge on any atom is 0.240 e. The van der Waals surface area contributed by atoms with E-state index in [1.165, 1.54) is 23.8 Å². The number of methoxy groups -OCH3 is 1. The van der Waals surface area contributed by atoms with Crippen LogP contribution in [-0.2, 0) is 27.4 Å². The summed E-state index contributed by atoms with van der Waals surface area (Å²) in [5.74, 6) is 0.0191. The molecule has 0 atom stereocenters. The summed E-state index contributed by atoms with van der Waals surface area (Å²) in [6, 6.07) is 9.09. The van der Waals surface area contributed by atoms with Crippen molar-refractivity contribution in [3.63, 3.8) is 0 Å². The number of likely N-dealkylation sites (tertiary alicyclic amines) is 1. The highest BCUT2D eigenvalue weighted by molar-refractivity contribution is 5.86. The second-order valence-corrected chi connectivity index (χ2v) is 8.30. The summed E-state index contributed by atoms with van der Waals surface area (Å²) < 4.78 is 12.6. The first kappa shape index (κ1) is 21.3. The SMILES string of the molecule is COCCNC(=O)Cn1cc(CN2CCC(N3CCOCC3)CC2)c2ccccc21. The van der Waals surface area contributed by atoms with Gasteiger partial charge in [0.05, 0.1) is 19.8 Å². The van der Waals surface area contributed by atoms with Gasteiger partial charge in [0.25, 0.3) is 0 Å². The summed E-state index contributed by atoms with van der Waals surface area (Å²) in [6.07, 6.45) is 4.61. The molecule has 2 aliphatic rings. The zero-order valence-electron chi connectivity index (χ0n) is 18.0. The molecule has 0 saturated carbocycles. The van der Waals surface area contributed by atoms with E-state index < -0.39 is 0 Å². The second-order valence-electron chi connectivity index (χ2n) is 8.30. The number of para-hydroxylation sites is 1. The minimum Gasteiger partial charge on any atom is -0.383 e. The number of fused-ring (bicyclic) bond motifs is 1. The lowest BCUT2D eigenvalue weighted by molar-refractivity contribution is -0.121. The summed E-state index contributed by atoms with van der Waals surface area (Å²) in [7, 11) is 1.64. The van der Waals surface area contributed by atoms with Gasteiger partial charge in [0.15, 0.2) is 0 Å². The molecule has 1 aromatic carbocycles. The molecule has 4 rings (SSSR count). The zero-order chi connectivity index (χ0) is 20.8. The minimum absolute atomic E-state index is 0.0191. The molecule has 2 fully saturated rings. The van der Waals surface area contributed by atoms with Crippen LogP contribution in [0, 0.1) is 0 Å². The van der Waals surface area contributed by atoms with Crippen molar-refractivity contribution in [3.8, 4) is 0 Å². The van der Waals surface area contributed by atoms with E-state index in [1.807, 2.05) is 6.07 Å². The Balaban J connectivity index is 1.38. The van der Waals surface area contributed by atoms with Crippen LogP contribution in [0.2, 0.25) is 0 Å². The first-order valence-electron chi connectivity index (χ1n) is 11.1. The van der Waals surface area contributed by atoms with Gasteiger partial charge in [-0.1, -0.05) is 18.2 Å². The molecule has 2 aromatic rings. The quantitative estimate of drug-likeness (QED) is 0.667. The Morgan fingerprint density at radius 2 is 1.93 bits per heavy atom. The van der Waals surface area contributed by atoms with Crippen molar-refractivity contribution in [2.24, 2.45) is 0 Å². The maximum atomic E-state index is 12.3. The molecular weight excluding hydrogens is 380 g/mol. The molecule has 3 heterocycles. The summed E-state index contributed by atoms with van der Waals surface area (Å²) >= 11 is 0. The average molecular weight is 415 g/mol. The van der Waals surface area contributed by atoms with Crippen LogP contribution in [0.5, 0.6) is 0 Å². The summed E-state index contributed by atoms with van der Waals surface area (Å²) in [5.41, 5.74) is 2.43. The number of hydrogen-bond acceptors (Lipinski definition) is 5. The highest BCUT2D eigenvalue weighted by Gasteiger charge is 2.26. The third kappa shape index (κ3) is 5.21. The molecule has 0 spiro atoms. The van der Waals surface area contributed by atoms with Crippen LogP contribution < -0.4 is 5.32 Å². The molecule has 1 N–H and O–H groups in total. The topological polar surface area (TPSA) is 59.0 Å². The van der Waals surface area contributed by atoms with Crippen LogP contribution in [0.15, 0.2) is 30.5 Å². The van der Waals surface area contributed by atoms with E-state index in [0.717, 1.165) is 51.5 Å².